The monoisotopic (exact) mass is 331 g/mol. The fourth-order valence-corrected chi connectivity index (χ4v) is 3.65. The van der Waals surface area contributed by atoms with E-state index in [1.165, 1.54) is 4.31 Å². The summed E-state index contributed by atoms with van der Waals surface area (Å²) in [5.41, 5.74) is 1.63. The summed E-state index contributed by atoms with van der Waals surface area (Å²) in [6.07, 6.45) is 5.10. The van der Waals surface area contributed by atoms with E-state index >= 15 is 0 Å². The summed E-state index contributed by atoms with van der Waals surface area (Å²) in [7, 11) is -3.45. The summed E-state index contributed by atoms with van der Waals surface area (Å²) in [5, 5.41) is 0. The van der Waals surface area contributed by atoms with Gasteiger partial charge in [0.1, 0.15) is 0 Å². The van der Waals surface area contributed by atoms with Crippen molar-refractivity contribution in [2.24, 2.45) is 4.99 Å². The number of sulfonamides is 1. The first kappa shape index (κ1) is 15.8. The Balaban J connectivity index is 1.75. The lowest BCUT2D eigenvalue weighted by Crippen LogP contribution is -2.40. The van der Waals surface area contributed by atoms with Crippen LogP contribution in [0.2, 0.25) is 0 Å². The second-order valence-electron chi connectivity index (χ2n) is 5.05. The fraction of sp³-hybridized carbons (Fsp3) is 0.250. The number of aliphatic imine (C=N–C) groups is 1. The van der Waals surface area contributed by atoms with Crippen LogP contribution in [0.1, 0.15) is 5.56 Å². The second kappa shape index (κ2) is 6.99. The number of ether oxygens (including phenoxy) is 1. The zero-order valence-electron chi connectivity index (χ0n) is 12.5. The molecule has 1 aromatic carbocycles. The number of pyridine rings is 1. The van der Waals surface area contributed by atoms with Crippen LogP contribution in [-0.2, 0) is 14.8 Å². The molecule has 0 spiro atoms. The Morgan fingerprint density at radius 2 is 1.70 bits per heavy atom. The maximum Gasteiger partial charge on any atom is 0.243 e. The zero-order chi connectivity index (χ0) is 16.1. The molecule has 23 heavy (non-hydrogen) atoms. The molecule has 0 bridgehead atoms. The number of morpholine rings is 1. The SMILES string of the molecule is O=S(=O)(c1ccc(N=Cc2ccncc2)cc1)N1CCOCC1. The third-order valence-corrected chi connectivity index (χ3v) is 5.43. The van der Waals surface area contributed by atoms with Crippen molar-refractivity contribution in [1.82, 2.24) is 9.29 Å². The zero-order valence-corrected chi connectivity index (χ0v) is 13.3. The van der Waals surface area contributed by atoms with Crippen LogP contribution < -0.4 is 0 Å². The maximum atomic E-state index is 12.5. The van der Waals surface area contributed by atoms with Gasteiger partial charge in [-0.1, -0.05) is 0 Å². The van der Waals surface area contributed by atoms with Gasteiger partial charge in [0.15, 0.2) is 0 Å². The van der Waals surface area contributed by atoms with E-state index in [0.29, 0.717) is 32.0 Å². The van der Waals surface area contributed by atoms with Crippen LogP contribution in [0.5, 0.6) is 0 Å². The van der Waals surface area contributed by atoms with Crippen LogP contribution in [0, 0.1) is 0 Å². The summed E-state index contributed by atoms with van der Waals surface area (Å²) in [5.74, 6) is 0. The second-order valence-corrected chi connectivity index (χ2v) is 6.99. The normalized spacial score (nSPS) is 16.7. The lowest BCUT2D eigenvalue weighted by Gasteiger charge is -2.26. The van der Waals surface area contributed by atoms with Gasteiger partial charge in [-0.2, -0.15) is 4.31 Å². The minimum Gasteiger partial charge on any atom is -0.379 e. The molecule has 7 heteroatoms. The number of nitrogens with zero attached hydrogens (tertiary/aromatic N) is 3. The molecule has 1 aliphatic heterocycles. The molecule has 0 atom stereocenters. The highest BCUT2D eigenvalue weighted by atomic mass is 32.2. The van der Waals surface area contributed by atoms with Crippen LogP contribution >= 0.6 is 0 Å². The molecule has 0 unspecified atom stereocenters. The molecule has 0 aliphatic carbocycles. The predicted molar refractivity (Wildman–Crippen MR) is 87.5 cm³/mol. The Labute approximate surface area is 135 Å². The minimum absolute atomic E-state index is 0.280. The third kappa shape index (κ3) is 3.82. The van der Waals surface area contributed by atoms with E-state index in [1.807, 2.05) is 12.1 Å². The van der Waals surface area contributed by atoms with Crippen LogP contribution in [0.15, 0.2) is 58.7 Å². The Morgan fingerprint density at radius 1 is 1.04 bits per heavy atom. The van der Waals surface area contributed by atoms with Gasteiger partial charge in [-0.3, -0.25) is 9.98 Å². The van der Waals surface area contributed by atoms with Crippen molar-refractivity contribution in [2.45, 2.75) is 4.90 Å². The van der Waals surface area contributed by atoms with Gasteiger partial charge in [0.05, 0.1) is 23.8 Å². The summed E-state index contributed by atoms with van der Waals surface area (Å²) < 4.78 is 31.7. The molecular weight excluding hydrogens is 314 g/mol. The van der Waals surface area contributed by atoms with E-state index < -0.39 is 10.0 Å². The quantitative estimate of drug-likeness (QED) is 0.802. The summed E-state index contributed by atoms with van der Waals surface area (Å²) in [4.78, 5) is 8.55. The van der Waals surface area contributed by atoms with Crippen molar-refractivity contribution in [2.75, 3.05) is 26.3 Å². The molecule has 1 aromatic heterocycles. The summed E-state index contributed by atoms with van der Waals surface area (Å²) in [6, 6.07) is 10.3. The van der Waals surface area contributed by atoms with Crippen LogP contribution in [0.3, 0.4) is 0 Å². The van der Waals surface area contributed by atoms with Crippen LogP contribution in [0.25, 0.3) is 0 Å². The highest BCUT2D eigenvalue weighted by Gasteiger charge is 2.25. The smallest absolute Gasteiger partial charge is 0.243 e. The summed E-state index contributed by atoms with van der Waals surface area (Å²) in [6.45, 7) is 1.66. The van der Waals surface area contributed by atoms with Crippen molar-refractivity contribution in [3.05, 3.63) is 54.4 Å². The van der Waals surface area contributed by atoms with E-state index in [1.54, 1.807) is 42.9 Å². The van der Waals surface area contributed by atoms with E-state index in [9.17, 15) is 8.42 Å². The first-order valence-corrected chi connectivity index (χ1v) is 8.72. The molecule has 0 amide bonds. The van der Waals surface area contributed by atoms with E-state index in [2.05, 4.69) is 9.98 Å². The van der Waals surface area contributed by atoms with Gasteiger partial charge in [-0.15, -0.1) is 0 Å². The largest absolute Gasteiger partial charge is 0.379 e. The van der Waals surface area contributed by atoms with Crippen molar-refractivity contribution in [3.8, 4) is 0 Å². The Morgan fingerprint density at radius 3 is 2.35 bits per heavy atom. The van der Waals surface area contributed by atoms with Gasteiger partial charge in [0.25, 0.3) is 0 Å². The molecule has 0 N–H and O–H groups in total. The molecule has 6 nitrogen and oxygen atoms in total. The third-order valence-electron chi connectivity index (χ3n) is 3.51. The Hall–Kier alpha value is -2.09. The average Bonchev–Trinajstić information content (AvgIpc) is 2.62. The van der Waals surface area contributed by atoms with Crippen molar-refractivity contribution < 1.29 is 13.2 Å². The molecule has 1 aliphatic rings. The van der Waals surface area contributed by atoms with Crippen molar-refractivity contribution >= 4 is 21.9 Å². The molecule has 1 saturated heterocycles. The molecule has 0 saturated carbocycles. The molecule has 0 radical (unpaired) electrons. The molecule has 2 heterocycles. The van der Waals surface area contributed by atoms with Gasteiger partial charge >= 0.3 is 0 Å². The van der Waals surface area contributed by atoms with E-state index in [0.717, 1.165) is 5.56 Å². The maximum absolute atomic E-state index is 12.5. The van der Waals surface area contributed by atoms with Gasteiger partial charge in [-0.05, 0) is 42.0 Å². The van der Waals surface area contributed by atoms with Crippen molar-refractivity contribution in [1.29, 1.82) is 0 Å². The first-order valence-electron chi connectivity index (χ1n) is 7.28. The fourth-order valence-electron chi connectivity index (χ4n) is 2.24. The topological polar surface area (TPSA) is 71.9 Å². The van der Waals surface area contributed by atoms with E-state index in [-0.39, 0.29) is 4.90 Å². The Kier molecular flexibility index (Phi) is 4.80. The first-order chi connectivity index (χ1) is 11.2. The van der Waals surface area contributed by atoms with Crippen LogP contribution in [0.4, 0.5) is 5.69 Å². The minimum atomic E-state index is -3.45. The highest BCUT2D eigenvalue weighted by molar-refractivity contribution is 7.89. The molecule has 2 aromatic rings. The summed E-state index contributed by atoms with van der Waals surface area (Å²) >= 11 is 0. The molecular formula is C16H17N3O3S. The average molecular weight is 331 g/mol. The molecule has 3 rings (SSSR count). The number of rotatable bonds is 4. The number of hydrogen-bond donors (Lipinski definition) is 0. The molecule has 1 fully saturated rings. The van der Waals surface area contributed by atoms with Gasteiger partial charge in [-0.25, -0.2) is 8.42 Å². The van der Waals surface area contributed by atoms with Crippen LogP contribution in [-0.4, -0.2) is 50.2 Å². The lowest BCUT2D eigenvalue weighted by atomic mass is 10.3. The van der Waals surface area contributed by atoms with Gasteiger partial charge in [0, 0.05) is 31.7 Å². The van der Waals surface area contributed by atoms with Gasteiger partial charge < -0.3 is 4.74 Å². The lowest BCUT2D eigenvalue weighted by molar-refractivity contribution is 0.0730. The number of benzene rings is 1. The highest BCUT2D eigenvalue weighted by Crippen LogP contribution is 2.20. The predicted octanol–water partition coefficient (Wildman–Crippen LogP) is 1.85. The standard InChI is InChI=1S/C16H17N3O3S/c20-23(21,19-9-11-22-12-10-19)16-3-1-15(2-4-16)18-13-14-5-7-17-8-6-14/h1-8,13H,9-12H2. The van der Waals surface area contributed by atoms with Crippen molar-refractivity contribution in [3.63, 3.8) is 0 Å². The molecule has 120 valence electrons. The number of aromatic nitrogens is 1. The Bertz CT molecular complexity index is 768. The van der Waals surface area contributed by atoms with E-state index in [4.69, 9.17) is 4.74 Å². The van der Waals surface area contributed by atoms with Gasteiger partial charge in [0.2, 0.25) is 10.0 Å². The number of hydrogen-bond acceptors (Lipinski definition) is 5.